The van der Waals surface area contributed by atoms with E-state index in [9.17, 15) is 9.59 Å². The van der Waals surface area contributed by atoms with Gasteiger partial charge >= 0.3 is 5.97 Å². The lowest BCUT2D eigenvalue weighted by Gasteiger charge is -2.23. The summed E-state index contributed by atoms with van der Waals surface area (Å²) in [6, 6.07) is 0. The Morgan fingerprint density at radius 1 is 1.29 bits per heavy atom. The van der Waals surface area contributed by atoms with Crippen LogP contribution in [0.4, 0.5) is 0 Å². The van der Waals surface area contributed by atoms with Gasteiger partial charge in [-0.1, -0.05) is 13.3 Å². The molecule has 2 fully saturated rings. The Morgan fingerprint density at radius 3 is 2.53 bits per heavy atom. The molecule has 0 saturated carbocycles. The number of carbonyl (C=O) groups excluding carboxylic acids is 2. The maximum absolute atomic E-state index is 11.9. The van der Waals surface area contributed by atoms with Crippen LogP contribution in [0.3, 0.4) is 0 Å². The van der Waals surface area contributed by atoms with Crippen LogP contribution in [0.1, 0.15) is 32.6 Å². The third-order valence-corrected chi connectivity index (χ3v) is 3.62. The van der Waals surface area contributed by atoms with Gasteiger partial charge in [0.2, 0.25) is 5.91 Å². The van der Waals surface area contributed by atoms with E-state index in [1.54, 1.807) is 0 Å². The van der Waals surface area contributed by atoms with Gasteiger partial charge in [-0.3, -0.25) is 9.59 Å². The molecule has 96 valence electrons. The van der Waals surface area contributed by atoms with Crippen molar-refractivity contribution >= 4 is 11.9 Å². The van der Waals surface area contributed by atoms with Gasteiger partial charge in [0, 0.05) is 0 Å². The first-order chi connectivity index (χ1) is 8.15. The number of carbonyl (C=O) groups is 2. The highest BCUT2D eigenvalue weighted by atomic mass is 16.5. The Hall–Kier alpha value is -1.10. The molecule has 4 atom stereocenters. The van der Waals surface area contributed by atoms with Gasteiger partial charge in [-0.25, -0.2) is 0 Å². The van der Waals surface area contributed by atoms with Crippen molar-refractivity contribution in [3.63, 3.8) is 0 Å². The van der Waals surface area contributed by atoms with Gasteiger partial charge in [0.15, 0.2) is 0 Å². The average Bonchev–Trinajstić information content (AvgIpc) is 2.88. The SMILES string of the molecule is CCCCOC(=O)[C@@H]1[C@@H](C(N)=O)[C@@H]2CC[C@@H]1O2. The highest BCUT2D eigenvalue weighted by Crippen LogP contribution is 2.43. The quantitative estimate of drug-likeness (QED) is 0.565. The molecule has 0 aliphatic carbocycles. The van der Waals surface area contributed by atoms with Crippen LogP contribution >= 0.6 is 0 Å². The number of esters is 1. The van der Waals surface area contributed by atoms with Gasteiger partial charge in [-0.15, -0.1) is 0 Å². The first kappa shape index (κ1) is 12.4. The monoisotopic (exact) mass is 241 g/mol. The predicted octanol–water partition coefficient (Wildman–Crippen LogP) is 0.609. The zero-order valence-corrected chi connectivity index (χ0v) is 10.1. The van der Waals surface area contributed by atoms with E-state index in [-0.39, 0.29) is 18.2 Å². The number of fused-ring (bicyclic) bond motifs is 2. The molecule has 5 nitrogen and oxygen atoms in total. The zero-order valence-electron chi connectivity index (χ0n) is 10.1. The van der Waals surface area contributed by atoms with Gasteiger partial charge < -0.3 is 15.2 Å². The summed E-state index contributed by atoms with van der Waals surface area (Å²) in [6.45, 7) is 2.44. The van der Waals surface area contributed by atoms with E-state index in [1.165, 1.54) is 0 Å². The Bertz CT molecular complexity index is 318. The van der Waals surface area contributed by atoms with Crippen molar-refractivity contribution in [1.29, 1.82) is 0 Å². The molecule has 0 aromatic rings. The van der Waals surface area contributed by atoms with Crippen LogP contribution in [0.5, 0.6) is 0 Å². The molecule has 2 N–H and O–H groups in total. The Kier molecular flexibility index (Phi) is 3.66. The molecular weight excluding hydrogens is 222 g/mol. The summed E-state index contributed by atoms with van der Waals surface area (Å²) in [5.41, 5.74) is 5.34. The maximum Gasteiger partial charge on any atom is 0.312 e. The molecule has 0 radical (unpaired) electrons. The normalized spacial score (nSPS) is 34.9. The lowest BCUT2D eigenvalue weighted by atomic mass is 9.79. The fourth-order valence-electron chi connectivity index (χ4n) is 2.75. The Labute approximate surface area is 101 Å². The largest absolute Gasteiger partial charge is 0.465 e. The standard InChI is InChI=1S/C12H19NO4/c1-2-3-6-16-12(15)10-8-5-4-7(17-8)9(10)11(13)14/h7-10H,2-6H2,1H3,(H2,13,14)/t7-,8-,9-,10-/m0/s1. The summed E-state index contributed by atoms with van der Waals surface area (Å²) in [5.74, 6) is -1.75. The minimum atomic E-state index is -0.497. The number of primary amides is 1. The second-order valence-corrected chi connectivity index (χ2v) is 4.77. The van der Waals surface area contributed by atoms with Crippen molar-refractivity contribution in [3.8, 4) is 0 Å². The number of nitrogens with two attached hydrogens (primary N) is 1. The van der Waals surface area contributed by atoms with E-state index in [1.807, 2.05) is 6.92 Å². The Morgan fingerprint density at radius 2 is 1.94 bits per heavy atom. The lowest BCUT2D eigenvalue weighted by molar-refractivity contribution is -0.153. The van der Waals surface area contributed by atoms with E-state index in [0.29, 0.717) is 6.61 Å². The minimum Gasteiger partial charge on any atom is -0.465 e. The van der Waals surface area contributed by atoms with Crippen LogP contribution in [0.2, 0.25) is 0 Å². The topological polar surface area (TPSA) is 78.6 Å². The highest BCUT2D eigenvalue weighted by molar-refractivity contribution is 5.86. The molecule has 2 heterocycles. The van der Waals surface area contributed by atoms with Crippen molar-refractivity contribution < 1.29 is 19.1 Å². The first-order valence-electron chi connectivity index (χ1n) is 6.26. The van der Waals surface area contributed by atoms with E-state index in [4.69, 9.17) is 15.2 Å². The first-order valence-corrected chi connectivity index (χ1v) is 6.26. The summed E-state index contributed by atoms with van der Waals surface area (Å²) in [7, 11) is 0. The zero-order chi connectivity index (χ0) is 12.4. The summed E-state index contributed by atoms with van der Waals surface area (Å²) in [6.07, 6.45) is 3.10. The molecule has 17 heavy (non-hydrogen) atoms. The van der Waals surface area contributed by atoms with Gasteiger partial charge in [0.05, 0.1) is 30.7 Å². The van der Waals surface area contributed by atoms with Gasteiger partial charge in [0.1, 0.15) is 0 Å². The fourth-order valence-corrected chi connectivity index (χ4v) is 2.75. The van der Waals surface area contributed by atoms with Crippen LogP contribution in [0.25, 0.3) is 0 Å². The van der Waals surface area contributed by atoms with Crippen molar-refractivity contribution in [1.82, 2.24) is 0 Å². The van der Waals surface area contributed by atoms with Crippen molar-refractivity contribution in [2.45, 2.75) is 44.8 Å². The second-order valence-electron chi connectivity index (χ2n) is 4.77. The van der Waals surface area contributed by atoms with Crippen molar-refractivity contribution in [2.24, 2.45) is 17.6 Å². The fraction of sp³-hybridized carbons (Fsp3) is 0.833. The highest BCUT2D eigenvalue weighted by Gasteiger charge is 2.55. The van der Waals surface area contributed by atoms with Crippen molar-refractivity contribution in [2.75, 3.05) is 6.61 Å². The molecule has 2 aliphatic rings. The van der Waals surface area contributed by atoms with E-state index in [0.717, 1.165) is 25.7 Å². The molecule has 2 bridgehead atoms. The number of rotatable bonds is 5. The number of unbranched alkanes of at least 4 members (excludes halogenated alkanes) is 1. The molecule has 1 amide bonds. The van der Waals surface area contributed by atoms with E-state index in [2.05, 4.69) is 0 Å². The van der Waals surface area contributed by atoms with Crippen LogP contribution in [0.15, 0.2) is 0 Å². The van der Waals surface area contributed by atoms with Gasteiger partial charge in [-0.05, 0) is 19.3 Å². The van der Waals surface area contributed by atoms with Crippen molar-refractivity contribution in [3.05, 3.63) is 0 Å². The summed E-state index contributed by atoms with van der Waals surface area (Å²) < 4.78 is 10.8. The number of hydrogen-bond donors (Lipinski definition) is 1. The summed E-state index contributed by atoms with van der Waals surface area (Å²) in [4.78, 5) is 23.3. The molecule has 0 unspecified atom stereocenters. The second kappa shape index (κ2) is 5.04. The number of ether oxygens (including phenoxy) is 2. The Balaban J connectivity index is 1.98. The summed E-state index contributed by atoms with van der Waals surface area (Å²) >= 11 is 0. The lowest BCUT2D eigenvalue weighted by Crippen LogP contribution is -2.42. The van der Waals surface area contributed by atoms with E-state index < -0.39 is 17.7 Å². The molecule has 2 saturated heterocycles. The molecule has 2 aliphatic heterocycles. The molecule has 0 aromatic heterocycles. The average molecular weight is 241 g/mol. The molecule has 5 heteroatoms. The third-order valence-electron chi connectivity index (χ3n) is 3.62. The van der Waals surface area contributed by atoms with E-state index >= 15 is 0 Å². The smallest absolute Gasteiger partial charge is 0.312 e. The van der Waals surface area contributed by atoms with Crippen LogP contribution in [0, 0.1) is 11.8 Å². The van der Waals surface area contributed by atoms with Crippen LogP contribution < -0.4 is 5.73 Å². The van der Waals surface area contributed by atoms with Gasteiger partial charge in [0.25, 0.3) is 0 Å². The molecule has 0 aromatic carbocycles. The number of amides is 1. The third kappa shape index (κ3) is 2.29. The number of hydrogen-bond acceptors (Lipinski definition) is 4. The minimum absolute atomic E-state index is 0.174. The van der Waals surface area contributed by atoms with Gasteiger partial charge in [-0.2, -0.15) is 0 Å². The van der Waals surface area contributed by atoms with Crippen LogP contribution in [-0.4, -0.2) is 30.7 Å². The van der Waals surface area contributed by atoms with Crippen LogP contribution in [-0.2, 0) is 19.1 Å². The molecular formula is C12H19NO4. The molecule has 0 spiro atoms. The predicted molar refractivity (Wildman–Crippen MR) is 59.9 cm³/mol. The maximum atomic E-state index is 11.9. The summed E-state index contributed by atoms with van der Waals surface area (Å²) in [5, 5.41) is 0. The molecule has 2 rings (SSSR count).